The number of ether oxygens (including phenoxy) is 1. The predicted octanol–water partition coefficient (Wildman–Crippen LogP) is 2.84. The molecule has 0 spiro atoms. The lowest BCUT2D eigenvalue weighted by molar-refractivity contribution is -0.149. The van der Waals surface area contributed by atoms with Crippen molar-refractivity contribution in [2.45, 2.75) is 46.1 Å². The first-order valence-electron chi connectivity index (χ1n) is 9.99. The highest BCUT2D eigenvalue weighted by molar-refractivity contribution is 5.97. The predicted molar refractivity (Wildman–Crippen MR) is 115 cm³/mol. The molecule has 8 heteroatoms. The van der Waals surface area contributed by atoms with E-state index in [1.165, 1.54) is 0 Å². The monoisotopic (exact) mass is 425 g/mol. The van der Waals surface area contributed by atoms with Gasteiger partial charge in [0.1, 0.15) is 0 Å². The minimum Gasteiger partial charge on any atom is -0.466 e. The Morgan fingerprint density at radius 1 is 1.17 bits per heavy atom. The second-order valence-electron chi connectivity index (χ2n) is 7.30. The summed E-state index contributed by atoms with van der Waals surface area (Å²) in [5.41, 5.74) is 7.11. The SMILES string of the molecule is CCOC(=O)C1CCN(C(=O)c2ccc(NC(=O)C(N)C(C)CC)cc2)CC1.Cl. The van der Waals surface area contributed by atoms with Gasteiger partial charge in [-0.05, 0) is 49.9 Å². The van der Waals surface area contributed by atoms with E-state index in [4.69, 9.17) is 10.5 Å². The molecular formula is C21H32ClN3O4. The lowest BCUT2D eigenvalue weighted by Crippen LogP contribution is -2.41. The van der Waals surface area contributed by atoms with E-state index >= 15 is 0 Å². The summed E-state index contributed by atoms with van der Waals surface area (Å²) in [7, 11) is 0. The van der Waals surface area contributed by atoms with Crippen molar-refractivity contribution in [3.8, 4) is 0 Å². The second kappa shape index (κ2) is 11.8. The van der Waals surface area contributed by atoms with E-state index < -0.39 is 6.04 Å². The fraction of sp³-hybridized carbons (Fsp3) is 0.571. The lowest BCUT2D eigenvalue weighted by Gasteiger charge is -2.31. The topological polar surface area (TPSA) is 102 Å². The Kier molecular flexibility index (Phi) is 10.1. The highest BCUT2D eigenvalue weighted by atomic mass is 35.5. The number of esters is 1. The molecular weight excluding hydrogens is 394 g/mol. The van der Waals surface area contributed by atoms with Crippen LogP contribution in [0.3, 0.4) is 0 Å². The first kappa shape index (κ1) is 24.9. The van der Waals surface area contributed by atoms with Crippen LogP contribution in [0, 0.1) is 11.8 Å². The normalized spacial score (nSPS) is 16.3. The zero-order chi connectivity index (χ0) is 20.7. The minimum atomic E-state index is -0.563. The average Bonchev–Trinajstić information content (AvgIpc) is 2.72. The van der Waals surface area contributed by atoms with Crippen LogP contribution in [0.5, 0.6) is 0 Å². The molecule has 162 valence electrons. The molecule has 1 aliphatic heterocycles. The molecule has 0 aliphatic carbocycles. The minimum absolute atomic E-state index is 0. The quantitative estimate of drug-likeness (QED) is 0.654. The molecule has 1 aromatic carbocycles. The van der Waals surface area contributed by atoms with Crippen molar-refractivity contribution in [2.75, 3.05) is 25.0 Å². The number of hydrogen-bond donors (Lipinski definition) is 2. The Balaban J connectivity index is 0.00000420. The Labute approximate surface area is 178 Å². The number of hydrogen-bond acceptors (Lipinski definition) is 5. The van der Waals surface area contributed by atoms with Crippen LogP contribution < -0.4 is 11.1 Å². The molecule has 2 atom stereocenters. The number of carbonyl (C=O) groups excluding carboxylic acids is 3. The molecule has 0 radical (unpaired) electrons. The van der Waals surface area contributed by atoms with Gasteiger partial charge in [-0.15, -0.1) is 12.4 Å². The molecule has 0 bridgehead atoms. The molecule has 1 heterocycles. The van der Waals surface area contributed by atoms with Crippen LogP contribution in [-0.2, 0) is 14.3 Å². The molecule has 3 N–H and O–H groups in total. The third-order valence-corrected chi connectivity index (χ3v) is 5.36. The van der Waals surface area contributed by atoms with Crippen LogP contribution in [0.2, 0.25) is 0 Å². The number of carbonyl (C=O) groups is 3. The van der Waals surface area contributed by atoms with Gasteiger partial charge < -0.3 is 20.7 Å². The molecule has 1 saturated heterocycles. The van der Waals surface area contributed by atoms with Gasteiger partial charge in [0, 0.05) is 24.3 Å². The fourth-order valence-corrected chi connectivity index (χ4v) is 3.20. The maximum Gasteiger partial charge on any atom is 0.309 e. The van der Waals surface area contributed by atoms with Crippen molar-refractivity contribution >= 4 is 35.9 Å². The van der Waals surface area contributed by atoms with E-state index in [1.807, 2.05) is 13.8 Å². The van der Waals surface area contributed by atoms with Gasteiger partial charge in [0.05, 0.1) is 18.6 Å². The van der Waals surface area contributed by atoms with Crippen molar-refractivity contribution < 1.29 is 19.1 Å². The number of piperidine rings is 1. The van der Waals surface area contributed by atoms with Gasteiger partial charge in [0.2, 0.25) is 5.91 Å². The highest BCUT2D eigenvalue weighted by Crippen LogP contribution is 2.21. The number of likely N-dealkylation sites (tertiary alicyclic amines) is 1. The van der Waals surface area contributed by atoms with Crippen molar-refractivity contribution in [2.24, 2.45) is 17.6 Å². The molecule has 0 aromatic heterocycles. The van der Waals surface area contributed by atoms with Crippen molar-refractivity contribution in [1.82, 2.24) is 4.90 Å². The number of anilines is 1. The number of benzene rings is 1. The Morgan fingerprint density at radius 3 is 2.28 bits per heavy atom. The summed E-state index contributed by atoms with van der Waals surface area (Å²) >= 11 is 0. The first-order valence-corrected chi connectivity index (χ1v) is 9.99. The fourth-order valence-electron chi connectivity index (χ4n) is 3.20. The average molecular weight is 426 g/mol. The third-order valence-electron chi connectivity index (χ3n) is 5.36. The van der Waals surface area contributed by atoms with E-state index in [0.29, 0.717) is 43.8 Å². The van der Waals surface area contributed by atoms with Crippen molar-refractivity contribution in [3.05, 3.63) is 29.8 Å². The van der Waals surface area contributed by atoms with E-state index in [2.05, 4.69) is 5.32 Å². The van der Waals surface area contributed by atoms with Crippen LogP contribution >= 0.6 is 12.4 Å². The molecule has 1 aliphatic rings. The summed E-state index contributed by atoms with van der Waals surface area (Å²) in [5, 5.41) is 2.79. The van der Waals surface area contributed by atoms with Gasteiger partial charge >= 0.3 is 5.97 Å². The van der Waals surface area contributed by atoms with Gasteiger partial charge in [-0.25, -0.2) is 0 Å². The summed E-state index contributed by atoms with van der Waals surface area (Å²) in [6.07, 6.45) is 2.06. The lowest BCUT2D eigenvalue weighted by atomic mass is 9.96. The number of nitrogens with one attached hydrogen (secondary N) is 1. The maximum absolute atomic E-state index is 12.7. The molecule has 2 unspecified atom stereocenters. The van der Waals surface area contributed by atoms with Gasteiger partial charge in [-0.1, -0.05) is 20.3 Å². The highest BCUT2D eigenvalue weighted by Gasteiger charge is 2.28. The molecule has 0 saturated carbocycles. The summed E-state index contributed by atoms with van der Waals surface area (Å²) in [6, 6.07) is 6.25. The van der Waals surface area contributed by atoms with Crippen LogP contribution in [0.4, 0.5) is 5.69 Å². The third kappa shape index (κ3) is 6.72. The Hall–Kier alpha value is -2.12. The van der Waals surface area contributed by atoms with E-state index in [0.717, 1.165) is 6.42 Å². The summed E-state index contributed by atoms with van der Waals surface area (Å²) in [5.74, 6) is -0.508. The van der Waals surface area contributed by atoms with Crippen LogP contribution in [0.1, 0.15) is 50.4 Å². The molecule has 2 amide bonds. The largest absolute Gasteiger partial charge is 0.466 e. The standard InChI is InChI=1S/C21H31N3O4.ClH/c1-4-14(3)18(22)19(25)23-17-8-6-15(7-9-17)20(26)24-12-10-16(11-13-24)21(27)28-5-2;/h6-9,14,16,18H,4-5,10-13,22H2,1-3H3,(H,23,25);1H. The number of rotatable bonds is 7. The summed E-state index contributed by atoms with van der Waals surface area (Å²) in [4.78, 5) is 38.4. The zero-order valence-electron chi connectivity index (χ0n) is 17.3. The van der Waals surface area contributed by atoms with Gasteiger partial charge in [0.15, 0.2) is 0 Å². The molecule has 7 nitrogen and oxygen atoms in total. The van der Waals surface area contributed by atoms with E-state index in [1.54, 1.807) is 36.1 Å². The van der Waals surface area contributed by atoms with E-state index in [-0.39, 0.29) is 42.0 Å². The number of nitrogens with zero attached hydrogens (tertiary/aromatic N) is 1. The van der Waals surface area contributed by atoms with E-state index in [9.17, 15) is 14.4 Å². The van der Waals surface area contributed by atoms with Crippen LogP contribution in [0.15, 0.2) is 24.3 Å². The van der Waals surface area contributed by atoms with Crippen LogP contribution in [-0.4, -0.2) is 48.4 Å². The Morgan fingerprint density at radius 2 is 1.76 bits per heavy atom. The zero-order valence-corrected chi connectivity index (χ0v) is 18.2. The number of nitrogens with two attached hydrogens (primary N) is 1. The van der Waals surface area contributed by atoms with Crippen molar-refractivity contribution in [1.29, 1.82) is 0 Å². The number of amides is 2. The summed E-state index contributed by atoms with van der Waals surface area (Å²) < 4.78 is 5.06. The molecule has 29 heavy (non-hydrogen) atoms. The number of halogens is 1. The van der Waals surface area contributed by atoms with Gasteiger partial charge in [-0.3, -0.25) is 14.4 Å². The summed E-state index contributed by atoms with van der Waals surface area (Å²) in [6.45, 7) is 7.17. The van der Waals surface area contributed by atoms with Crippen LogP contribution in [0.25, 0.3) is 0 Å². The molecule has 2 rings (SSSR count). The first-order chi connectivity index (χ1) is 13.4. The second-order valence-corrected chi connectivity index (χ2v) is 7.30. The van der Waals surface area contributed by atoms with Gasteiger partial charge in [-0.2, -0.15) is 0 Å². The molecule has 1 fully saturated rings. The Bertz CT molecular complexity index is 688. The molecule has 1 aromatic rings. The smallest absolute Gasteiger partial charge is 0.309 e. The maximum atomic E-state index is 12.7. The van der Waals surface area contributed by atoms with Crippen molar-refractivity contribution in [3.63, 3.8) is 0 Å². The van der Waals surface area contributed by atoms with Gasteiger partial charge in [0.25, 0.3) is 5.91 Å².